The number of aliphatic imine (C=N–C) groups is 1. The molecular weight excluding hydrogens is 372 g/mol. The van der Waals surface area contributed by atoms with E-state index >= 15 is 0 Å². The van der Waals surface area contributed by atoms with Crippen LogP contribution in [0, 0.1) is 5.37 Å². The molecule has 2 aliphatic rings. The number of alkyl halides is 2. The van der Waals surface area contributed by atoms with Gasteiger partial charge in [0.15, 0.2) is 0 Å². The predicted octanol–water partition coefficient (Wildman–Crippen LogP) is 4.58. The fourth-order valence-corrected chi connectivity index (χ4v) is 4.49. The van der Waals surface area contributed by atoms with Crippen molar-refractivity contribution >= 4 is 15.6 Å². The molecule has 0 fully saturated rings. The highest BCUT2D eigenvalue weighted by molar-refractivity contribution is 8.20. The van der Waals surface area contributed by atoms with Gasteiger partial charge in [0.05, 0.1) is 11.9 Å². The summed E-state index contributed by atoms with van der Waals surface area (Å²) in [6.07, 6.45) is 12.2. The Morgan fingerprint density at radius 2 is 1.93 bits per heavy atom. The van der Waals surface area contributed by atoms with Gasteiger partial charge in [0.25, 0.3) is 5.92 Å². The van der Waals surface area contributed by atoms with Gasteiger partial charge in [-0.3, -0.25) is 4.98 Å². The third-order valence-electron chi connectivity index (χ3n) is 4.48. The molecule has 27 heavy (non-hydrogen) atoms. The molecule has 0 amide bonds. The first-order chi connectivity index (χ1) is 12.6. The van der Waals surface area contributed by atoms with Gasteiger partial charge in [-0.25, -0.2) is 13.8 Å². The third kappa shape index (κ3) is 4.47. The Labute approximate surface area is 159 Å². The van der Waals surface area contributed by atoms with Crippen LogP contribution in [0.3, 0.4) is 0 Å². The number of rotatable bonds is 2. The quantitative estimate of drug-likeness (QED) is 0.766. The highest BCUT2D eigenvalue weighted by atomic mass is 32.2. The van der Waals surface area contributed by atoms with Crippen molar-refractivity contribution in [2.45, 2.75) is 37.5 Å². The van der Waals surface area contributed by atoms with E-state index in [-0.39, 0.29) is 6.54 Å². The van der Waals surface area contributed by atoms with E-state index in [2.05, 4.69) is 9.98 Å². The first kappa shape index (κ1) is 21.3. The van der Waals surface area contributed by atoms with Gasteiger partial charge >= 0.3 is 0 Å². The van der Waals surface area contributed by atoms with Gasteiger partial charge in [-0.15, -0.1) is 0 Å². The van der Waals surface area contributed by atoms with Crippen molar-refractivity contribution in [3.8, 4) is 5.37 Å². The summed E-state index contributed by atoms with van der Waals surface area (Å²) < 4.78 is 38.7. The lowest BCUT2D eigenvalue weighted by Crippen LogP contribution is -2.49. The van der Waals surface area contributed by atoms with Crippen molar-refractivity contribution in [3.05, 3.63) is 54.5 Å². The van der Waals surface area contributed by atoms with Crippen molar-refractivity contribution in [2.24, 2.45) is 4.99 Å². The van der Waals surface area contributed by atoms with E-state index in [1.807, 2.05) is 36.4 Å². The van der Waals surface area contributed by atoms with Crippen molar-refractivity contribution < 1.29 is 18.4 Å². The van der Waals surface area contributed by atoms with Crippen LogP contribution >= 0.6 is 9.72 Å². The maximum absolute atomic E-state index is 14.2. The maximum atomic E-state index is 14.2. The van der Waals surface area contributed by atoms with Gasteiger partial charge in [0, 0.05) is 31.3 Å². The molecule has 5 nitrogen and oxygen atoms in total. The van der Waals surface area contributed by atoms with Gasteiger partial charge in [0.2, 0.25) is 4.87 Å². The maximum Gasteiger partial charge on any atom is 0.282 e. The largest absolute Gasteiger partial charge is 0.337 e. The average molecular weight is 397 g/mol. The number of hydrogen-bond acceptors (Lipinski definition) is 5. The third-order valence-corrected chi connectivity index (χ3v) is 6.73. The van der Waals surface area contributed by atoms with Crippen LogP contribution < -0.4 is 0 Å². The van der Waals surface area contributed by atoms with Crippen molar-refractivity contribution in [1.29, 1.82) is 0 Å². The van der Waals surface area contributed by atoms with Crippen LogP contribution in [0.2, 0.25) is 0 Å². The summed E-state index contributed by atoms with van der Waals surface area (Å²) in [6, 6.07) is 5.72. The standard InChI is InChI=1S/C14H20F2N2O2S.C5H5N/c1-11-17-14(13(2,15)16,21(3,20)10-19)9-18(11)12-7-5-4-6-8-12;1-2-4-6-5-3-1/h5,7-8,19-20H,4,6,9H2,1-3H3;1-5H. The van der Waals surface area contributed by atoms with E-state index in [0.29, 0.717) is 5.84 Å². The minimum atomic E-state index is -3.30. The molecule has 0 bridgehead atoms. The zero-order valence-electron chi connectivity index (χ0n) is 15.6. The lowest BCUT2D eigenvalue weighted by atomic mass is 10.1. The molecule has 2 atom stereocenters. The number of aliphatic hydroxyl groups is 1. The Hall–Kier alpha value is -1.99. The second-order valence-corrected chi connectivity index (χ2v) is 9.13. The number of pyridine rings is 1. The summed E-state index contributed by atoms with van der Waals surface area (Å²) in [5.41, 5.74) is 0.793. The van der Waals surface area contributed by atoms with Crippen LogP contribution in [0.15, 0.2) is 59.5 Å². The summed E-state index contributed by atoms with van der Waals surface area (Å²) >= 11 is 0. The zero-order valence-corrected chi connectivity index (χ0v) is 16.5. The molecule has 0 spiro atoms. The zero-order chi connectivity index (χ0) is 20.1. The number of allylic oxidation sites excluding steroid dienone is 3. The van der Waals surface area contributed by atoms with Gasteiger partial charge in [-0.1, -0.05) is 18.2 Å². The molecule has 2 N–H and O–H groups in total. The Kier molecular flexibility index (Phi) is 6.59. The topological polar surface area (TPSA) is 69.0 Å². The van der Waals surface area contributed by atoms with Gasteiger partial charge in [-0.05, 0) is 47.7 Å². The lowest BCUT2D eigenvalue weighted by molar-refractivity contribution is -0.0202. The van der Waals surface area contributed by atoms with E-state index in [9.17, 15) is 13.3 Å². The van der Waals surface area contributed by atoms with E-state index in [1.165, 1.54) is 6.26 Å². The molecule has 8 heteroatoms. The fourth-order valence-electron chi connectivity index (χ4n) is 2.95. The minimum absolute atomic E-state index is 0.186. The molecule has 2 heterocycles. The monoisotopic (exact) mass is 397 g/mol. The van der Waals surface area contributed by atoms with Gasteiger partial charge in [0.1, 0.15) is 5.84 Å². The summed E-state index contributed by atoms with van der Waals surface area (Å²) in [5.74, 6) is -2.89. The molecule has 2 unspecified atom stereocenters. The summed E-state index contributed by atoms with van der Waals surface area (Å²) in [6.45, 7) is 2.16. The molecule has 1 aliphatic heterocycles. The normalized spacial score (nSPS) is 24.2. The van der Waals surface area contributed by atoms with Crippen LogP contribution in [0.25, 0.3) is 0 Å². The van der Waals surface area contributed by atoms with Crippen molar-refractivity contribution in [1.82, 2.24) is 9.88 Å². The average Bonchev–Trinajstić information content (AvgIpc) is 3.04. The smallest absolute Gasteiger partial charge is 0.282 e. The number of halogens is 2. The van der Waals surface area contributed by atoms with Crippen LogP contribution in [0.5, 0.6) is 0 Å². The molecule has 0 saturated heterocycles. The Balaban J connectivity index is 0.000000369. The number of amidine groups is 1. The predicted molar refractivity (Wildman–Crippen MR) is 106 cm³/mol. The number of hydrogen-bond donors (Lipinski definition) is 2. The molecule has 1 aromatic heterocycles. The molecule has 0 saturated carbocycles. The lowest BCUT2D eigenvalue weighted by Gasteiger charge is -2.38. The summed E-state index contributed by atoms with van der Waals surface area (Å²) in [4.78, 5) is 7.42. The molecule has 3 rings (SSSR count). The van der Waals surface area contributed by atoms with Crippen LogP contribution in [-0.2, 0) is 0 Å². The highest BCUT2D eigenvalue weighted by Gasteiger charge is 2.59. The fraction of sp³-hybridized carbons (Fsp3) is 0.421. The Bertz CT molecular complexity index is 828. The van der Waals surface area contributed by atoms with Crippen molar-refractivity contribution in [2.75, 3.05) is 12.8 Å². The summed E-state index contributed by atoms with van der Waals surface area (Å²) in [7, 11) is -3.25. The molecule has 1 aliphatic carbocycles. The molecule has 0 aromatic carbocycles. The first-order valence-corrected chi connectivity index (χ1v) is 10.5. The van der Waals surface area contributed by atoms with Gasteiger partial charge < -0.3 is 14.6 Å². The van der Waals surface area contributed by atoms with E-state index in [4.69, 9.17) is 5.11 Å². The van der Waals surface area contributed by atoms with E-state index in [1.54, 1.807) is 29.6 Å². The number of aliphatic hydroxyl groups excluding tert-OH is 1. The SMILES string of the molecule is CC1=NC(C(C)(F)F)(S(C)(O)#CO)CN1C1=CCCC=C1.c1ccncc1. The minimum Gasteiger partial charge on any atom is -0.337 e. The van der Waals surface area contributed by atoms with Crippen LogP contribution in [-0.4, -0.2) is 49.0 Å². The second-order valence-electron chi connectivity index (χ2n) is 6.52. The highest BCUT2D eigenvalue weighted by Crippen LogP contribution is 2.54. The first-order valence-electron chi connectivity index (χ1n) is 8.49. The number of nitrogens with zero attached hydrogens (tertiary/aromatic N) is 3. The van der Waals surface area contributed by atoms with Crippen molar-refractivity contribution in [3.63, 3.8) is 0 Å². The molecule has 0 radical (unpaired) electrons. The van der Waals surface area contributed by atoms with E-state index in [0.717, 1.165) is 25.5 Å². The molecule has 1 aromatic rings. The Morgan fingerprint density at radius 3 is 2.33 bits per heavy atom. The van der Waals surface area contributed by atoms with Crippen LogP contribution in [0.4, 0.5) is 8.78 Å². The van der Waals surface area contributed by atoms with Gasteiger partial charge in [-0.2, -0.15) is 0 Å². The molecule has 148 valence electrons. The number of aromatic nitrogens is 1. The Morgan fingerprint density at radius 1 is 1.26 bits per heavy atom. The second kappa shape index (κ2) is 8.35. The summed E-state index contributed by atoms with van der Waals surface area (Å²) in [5, 5.41) is 10.8. The molecular formula is C19H25F2N3O2S. The van der Waals surface area contributed by atoms with Crippen LogP contribution in [0.1, 0.15) is 26.7 Å². The van der Waals surface area contributed by atoms with E-state index < -0.39 is 20.5 Å².